The van der Waals surface area contributed by atoms with Gasteiger partial charge in [0.1, 0.15) is 11.4 Å². The molecule has 1 aliphatic rings. The Morgan fingerprint density at radius 3 is 2.64 bits per heavy atom. The molecule has 1 aliphatic heterocycles. The third-order valence-electron chi connectivity index (χ3n) is 4.71. The number of hydrogen-bond acceptors (Lipinski definition) is 4. The summed E-state index contributed by atoms with van der Waals surface area (Å²) < 4.78 is 0. The molecule has 0 radical (unpaired) electrons. The van der Waals surface area contributed by atoms with E-state index in [1.165, 1.54) is 0 Å². The number of nitrogens with one attached hydrogen (secondary N) is 1. The van der Waals surface area contributed by atoms with Gasteiger partial charge in [-0.05, 0) is 48.7 Å². The van der Waals surface area contributed by atoms with Crippen LogP contribution in [0, 0.1) is 0 Å². The molecule has 28 heavy (non-hydrogen) atoms. The number of hydrogen-bond donors (Lipinski definition) is 1. The molecule has 140 valence electrons. The van der Waals surface area contributed by atoms with Crippen LogP contribution in [0.25, 0.3) is 0 Å². The van der Waals surface area contributed by atoms with Crippen LogP contribution in [-0.4, -0.2) is 28.3 Å². The number of benzene rings is 1. The van der Waals surface area contributed by atoms with Gasteiger partial charge >= 0.3 is 0 Å². The summed E-state index contributed by atoms with van der Waals surface area (Å²) in [5.41, 5.74) is 3.32. The first kappa shape index (κ1) is 17.9. The highest BCUT2D eigenvalue weighted by molar-refractivity contribution is 6.06. The quantitative estimate of drug-likeness (QED) is 0.764. The van der Waals surface area contributed by atoms with E-state index < -0.39 is 0 Å². The second kappa shape index (κ2) is 8.00. The van der Waals surface area contributed by atoms with Gasteiger partial charge in [0.05, 0.1) is 12.2 Å². The Bertz CT molecular complexity index is 1000. The molecule has 0 aliphatic carbocycles. The molecule has 1 N–H and O–H groups in total. The van der Waals surface area contributed by atoms with Gasteiger partial charge in [-0.25, -0.2) is 4.98 Å². The average molecular weight is 372 g/mol. The molecule has 1 aromatic carbocycles. The average Bonchev–Trinajstić information content (AvgIpc) is 2.77. The summed E-state index contributed by atoms with van der Waals surface area (Å²) in [4.78, 5) is 35.7. The molecule has 3 aromatic rings. The zero-order valence-corrected chi connectivity index (χ0v) is 15.3. The number of fused-ring (bicyclic) bond motifs is 1. The lowest BCUT2D eigenvalue weighted by molar-refractivity contribution is 0.0945. The minimum atomic E-state index is -0.334. The van der Waals surface area contributed by atoms with Gasteiger partial charge in [-0.2, -0.15) is 0 Å². The van der Waals surface area contributed by atoms with Crippen molar-refractivity contribution in [3.63, 3.8) is 0 Å². The maximum absolute atomic E-state index is 13.0. The van der Waals surface area contributed by atoms with E-state index in [1.807, 2.05) is 42.5 Å². The fourth-order valence-corrected chi connectivity index (χ4v) is 3.33. The lowest BCUT2D eigenvalue weighted by atomic mass is 10.0. The molecular weight excluding hydrogens is 352 g/mol. The normalized spacial score (nSPS) is 12.9. The van der Waals surface area contributed by atoms with Crippen LogP contribution < -0.4 is 10.2 Å². The summed E-state index contributed by atoms with van der Waals surface area (Å²) in [5, 5.41) is 2.79. The smallest absolute Gasteiger partial charge is 0.276 e. The first-order valence-electron chi connectivity index (χ1n) is 9.27. The van der Waals surface area contributed by atoms with Crippen molar-refractivity contribution in [2.75, 3.05) is 11.4 Å². The topological polar surface area (TPSA) is 75.2 Å². The molecule has 6 nitrogen and oxygen atoms in total. The zero-order valence-electron chi connectivity index (χ0n) is 15.3. The van der Waals surface area contributed by atoms with Gasteiger partial charge in [-0.3, -0.25) is 14.6 Å². The number of aryl methyl sites for hydroxylation is 1. The molecule has 2 amide bonds. The number of aromatic nitrogens is 2. The van der Waals surface area contributed by atoms with Crippen molar-refractivity contribution in [3.05, 3.63) is 89.5 Å². The Balaban J connectivity index is 1.51. The van der Waals surface area contributed by atoms with Crippen LogP contribution >= 0.6 is 0 Å². The minimum absolute atomic E-state index is 0.188. The maximum atomic E-state index is 13.0. The number of carbonyl (C=O) groups excluding carboxylic acids is 2. The van der Waals surface area contributed by atoms with Crippen LogP contribution in [0.2, 0.25) is 0 Å². The SMILES string of the molecule is O=C(NCc1ccccn1)c1cccc(C(=O)N2CCCc3ccccc32)n1. The van der Waals surface area contributed by atoms with E-state index in [-0.39, 0.29) is 23.2 Å². The highest BCUT2D eigenvalue weighted by atomic mass is 16.2. The van der Waals surface area contributed by atoms with Gasteiger partial charge < -0.3 is 10.2 Å². The zero-order chi connectivity index (χ0) is 19.3. The number of carbonyl (C=O) groups is 2. The van der Waals surface area contributed by atoms with Gasteiger partial charge in [0.2, 0.25) is 0 Å². The summed E-state index contributed by atoms with van der Waals surface area (Å²) in [6.45, 7) is 0.951. The van der Waals surface area contributed by atoms with Crippen LogP contribution in [-0.2, 0) is 13.0 Å². The molecule has 6 heteroatoms. The van der Waals surface area contributed by atoms with Gasteiger partial charge in [0, 0.05) is 18.4 Å². The van der Waals surface area contributed by atoms with Crippen molar-refractivity contribution < 1.29 is 9.59 Å². The van der Waals surface area contributed by atoms with Gasteiger partial charge in [0.15, 0.2) is 0 Å². The fourth-order valence-electron chi connectivity index (χ4n) is 3.33. The standard InChI is InChI=1S/C22H20N4O2/c27-21(24-15-17-9-3-4-13-23-17)18-10-5-11-19(25-18)22(28)26-14-6-8-16-7-1-2-12-20(16)26/h1-5,7,9-13H,6,8,14-15H2,(H,24,27). The second-order valence-electron chi connectivity index (χ2n) is 6.60. The molecular formula is C22H20N4O2. The van der Waals surface area contributed by atoms with Crippen LogP contribution in [0.5, 0.6) is 0 Å². The molecule has 4 rings (SSSR count). The maximum Gasteiger partial charge on any atom is 0.276 e. The largest absolute Gasteiger partial charge is 0.345 e. The summed E-state index contributed by atoms with van der Waals surface area (Å²) in [5.74, 6) is -0.522. The van der Waals surface area contributed by atoms with E-state index >= 15 is 0 Å². The Labute approximate surface area is 163 Å². The van der Waals surface area contributed by atoms with E-state index in [0.29, 0.717) is 13.1 Å². The number of rotatable bonds is 4. The summed E-state index contributed by atoms with van der Waals surface area (Å²) in [7, 11) is 0. The lowest BCUT2D eigenvalue weighted by Gasteiger charge is -2.29. The number of anilines is 1. The highest BCUT2D eigenvalue weighted by Gasteiger charge is 2.24. The van der Waals surface area contributed by atoms with Crippen LogP contribution in [0.1, 0.15) is 38.7 Å². The molecule has 3 heterocycles. The Hall–Kier alpha value is -3.54. The molecule has 2 aromatic heterocycles. The van der Waals surface area contributed by atoms with Crippen molar-refractivity contribution in [1.82, 2.24) is 15.3 Å². The predicted molar refractivity (Wildman–Crippen MR) is 106 cm³/mol. The Morgan fingerprint density at radius 1 is 0.964 bits per heavy atom. The van der Waals surface area contributed by atoms with E-state index in [0.717, 1.165) is 29.8 Å². The summed E-state index contributed by atoms with van der Waals surface area (Å²) >= 11 is 0. The number of para-hydroxylation sites is 1. The third-order valence-corrected chi connectivity index (χ3v) is 4.71. The molecule has 0 fully saturated rings. The van der Waals surface area contributed by atoms with Crippen LogP contribution in [0.15, 0.2) is 66.9 Å². The highest BCUT2D eigenvalue weighted by Crippen LogP contribution is 2.27. The van der Waals surface area contributed by atoms with E-state index in [4.69, 9.17) is 0 Å². The molecule has 0 atom stereocenters. The number of pyridine rings is 2. The van der Waals surface area contributed by atoms with E-state index in [9.17, 15) is 9.59 Å². The number of nitrogens with zero attached hydrogens (tertiary/aromatic N) is 3. The summed E-state index contributed by atoms with van der Waals surface area (Å²) in [6.07, 6.45) is 3.55. The molecule has 0 spiro atoms. The van der Waals surface area contributed by atoms with Gasteiger partial charge in [-0.1, -0.05) is 30.3 Å². The van der Waals surface area contributed by atoms with Gasteiger partial charge in [-0.15, -0.1) is 0 Å². The van der Waals surface area contributed by atoms with Crippen LogP contribution in [0.4, 0.5) is 5.69 Å². The van der Waals surface area contributed by atoms with Crippen LogP contribution in [0.3, 0.4) is 0 Å². The first-order chi connectivity index (χ1) is 13.7. The molecule has 0 bridgehead atoms. The van der Waals surface area contributed by atoms with Crippen molar-refractivity contribution in [2.24, 2.45) is 0 Å². The monoisotopic (exact) mass is 372 g/mol. The Kier molecular flexibility index (Phi) is 5.10. The van der Waals surface area contributed by atoms with Gasteiger partial charge in [0.25, 0.3) is 11.8 Å². The summed E-state index contributed by atoms with van der Waals surface area (Å²) in [6, 6.07) is 18.4. The second-order valence-corrected chi connectivity index (χ2v) is 6.60. The first-order valence-corrected chi connectivity index (χ1v) is 9.27. The Morgan fingerprint density at radius 2 is 1.79 bits per heavy atom. The molecule has 0 unspecified atom stereocenters. The lowest BCUT2D eigenvalue weighted by Crippen LogP contribution is -2.36. The third kappa shape index (κ3) is 3.76. The fraction of sp³-hybridized carbons (Fsp3) is 0.182. The van der Waals surface area contributed by atoms with Crippen molar-refractivity contribution in [2.45, 2.75) is 19.4 Å². The molecule has 0 saturated heterocycles. The van der Waals surface area contributed by atoms with Crippen molar-refractivity contribution in [3.8, 4) is 0 Å². The van der Waals surface area contributed by atoms with E-state index in [1.54, 1.807) is 29.3 Å². The molecule has 0 saturated carbocycles. The minimum Gasteiger partial charge on any atom is -0.345 e. The van der Waals surface area contributed by atoms with Crippen molar-refractivity contribution in [1.29, 1.82) is 0 Å². The van der Waals surface area contributed by atoms with E-state index in [2.05, 4.69) is 15.3 Å². The number of amides is 2. The predicted octanol–water partition coefficient (Wildman–Crippen LogP) is 3.00. The van der Waals surface area contributed by atoms with Crippen molar-refractivity contribution >= 4 is 17.5 Å².